The Hall–Kier alpha value is -2.63. The molecule has 1 unspecified atom stereocenters. The number of halogens is 1. The summed E-state index contributed by atoms with van der Waals surface area (Å²) in [5.41, 5.74) is 1.73. The molecule has 0 spiro atoms. The number of benzene rings is 2. The van der Waals surface area contributed by atoms with Gasteiger partial charge in [0, 0.05) is 17.9 Å². The van der Waals surface area contributed by atoms with Crippen LogP contribution in [0.15, 0.2) is 59.5 Å². The Kier molecular flexibility index (Phi) is 5.58. The molecule has 0 radical (unpaired) electrons. The molecule has 0 aliphatic carbocycles. The van der Waals surface area contributed by atoms with Gasteiger partial charge < -0.3 is 19.7 Å². The number of hydrogen-bond acceptors (Lipinski definition) is 7. The van der Waals surface area contributed by atoms with E-state index < -0.39 is 28.1 Å². The van der Waals surface area contributed by atoms with Crippen molar-refractivity contribution < 1.29 is 27.7 Å². The highest BCUT2D eigenvalue weighted by Crippen LogP contribution is 2.41. The maximum atomic E-state index is 12.7. The summed E-state index contributed by atoms with van der Waals surface area (Å²) in [6.07, 6.45) is -0.0301. The van der Waals surface area contributed by atoms with E-state index in [1.165, 1.54) is 16.2 Å². The molecule has 3 heterocycles. The molecule has 172 valence electrons. The van der Waals surface area contributed by atoms with Crippen LogP contribution in [0.1, 0.15) is 0 Å². The van der Waals surface area contributed by atoms with E-state index in [1.807, 2.05) is 0 Å². The van der Waals surface area contributed by atoms with Gasteiger partial charge in [-0.25, -0.2) is 13.2 Å². The van der Waals surface area contributed by atoms with Crippen LogP contribution in [0, 0.1) is 5.21 Å². The van der Waals surface area contributed by atoms with E-state index in [1.54, 1.807) is 54.6 Å². The number of rotatable bonds is 5. The number of anilines is 1. The smallest absolute Gasteiger partial charge is 0.415 e. The van der Waals surface area contributed by atoms with Gasteiger partial charge in [0.25, 0.3) is 0 Å². The lowest BCUT2D eigenvalue weighted by atomic mass is 10.0. The predicted octanol–water partition coefficient (Wildman–Crippen LogP) is 3.27. The molecule has 1 N–H and O–H groups in total. The lowest BCUT2D eigenvalue weighted by Gasteiger charge is -2.32. The number of thiophene rings is 1. The Bertz CT molecular complexity index is 1340. The van der Waals surface area contributed by atoms with Gasteiger partial charge in [-0.2, -0.15) is 0 Å². The number of sulfone groups is 1. The van der Waals surface area contributed by atoms with Crippen LogP contribution in [0.3, 0.4) is 0 Å². The van der Waals surface area contributed by atoms with Crippen molar-refractivity contribution in [3.8, 4) is 16.9 Å². The number of cyclic esters (lactones) is 1. The first kappa shape index (κ1) is 22.2. The molecule has 1 saturated heterocycles. The van der Waals surface area contributed by atoms with Crippen molar-refractivity contribution in [3.63, 3.8) is 0 Å². The molecule has 8 nitrogen and oxygen atoms in total. The Morgan fingerprint density at radius 3 is 2.73 bits per heavy atom. The van der Waals surface area contributed by atoms with Gasteiger partial charge >= 0.3 is 6.09 Å². The summed E-state index contributed by atoms with van der Waals surface area (Å²) in [4.78, 5) is 14.4. The third kappa shape index (κ3) is 4.09. The van der Waals surface area contributed by atoms with Gasteiger partial charge in [-0.15, -0.1) is 0 Å². The van der Waals surface area contributed by atoms with Crippen LogP contribution in [-0.4, -0.2) is 46.1 Å². The SMILES string of the molecule is CS(=O)(=O)c1ccccc1-c1ccc2c(c1)OC[C@H]1[C@H](C[NH+]([O-])c3ccc(Cl)s3)OC(=O)N21. The predicted molar refractivity (Wildman–Crippen MR) is 125 cm³/mol. The van der Waals surface area contributed by atoms with E-state index in [9.17, 15) is 18.4 Å². The summed E-state index contributed by atoms with van der Waals surface area (Å²) in [5.74, 6) is 0.445. The van der Waals surface area contributed by atoms with E-state index in [2.05, 4.69) is 0 Å². The van der Waals surface area contributed by atoms with Crippen LogP contribution < -0.4 is 14.7 Å². The van der Waals surface area contributed by atoms with E-state index in [4.69, 9.17) is 21.1 Å². The molecule has 2 aliphatic rings. The van der Waals surface area contributed by atoms with E-state index in [0.29, 0.717) is 31.9 Å². The highest BCUT2D eigenvalue weighted by Gasteiger charge is 2.48. The summed E-state index contributed by atoms with van der Waals surface area (Å²) in [7, 11) is -3.43. The molecule has 1 aromatic heterocycles. The highest BCUT2D eigenvalue weighted by atomic mass is 35.5. The van der Waals surface area contributed by atoms with E-state index in [-0.39, 0.29) is 23.1 Å². The first-order valence-corrected chi connectivity index (χ1v) is 13.2. The van der Waals surface area contributed by atoms with Gasteiger partial charge in [-0.05, 0) is 29.8 Å². The fraction of sp³-hybridized carbons (Fsp3) is 0.227. The second-order valence-corrected chi connectivity index (χ2v) is 11.6. The Morgan fingerprint density at radius 1 is 1.21 bits per heavy atom. The quantitative estimate of drug-likeness (QED) is 0.533. The van der Waals surface area contributed by atoms with Gasteiger partial charge in [0.2, 0.25) is 0 Å². The number of fused-ring (bicyclic) bond motifs is 3. The number of quaternary nitrogens is 1. The zero-order valence-electron chi connectivity index (χ0n) is 17.4. The zero-order chi connectivity index (χ0) is 23.3. The lowest BCUT2D eigenvalue weighted by molar-refractivity contribution is -0.777. The summed E-state index contributed by atoms with van der Waals surface area (Å²) in [6.45, 7) is 0.182. The molecule has 5 rings (SSSR count). The number of hydroxylamine groups is 1. The molecule has 1 fully saturated rings. The minimum absolute atomic E-state index is 0.0300. The van der Waals surface area contributed by atoms with Crippen molar-refractivity contribution >= 4 is 49.6 Å². The molecule has 3 atom stereocenters. The number of carbonyl (C=O) groups excluding carboxylic acids is 1. The largest absolute Gasteiger partial charge is 0.628 e. The molecule has 33 heavy (non-hydrogen) atoms. The first-order chi connectivity index (χ1) is 15.7. The van der Waals surface area contributed by atoms with Crippen LogP contribution in [-0.2, 0) is 14.6 Å². The Labute approximate surface area is 199 Å². The Balaban J connectivity index is 1.43. The minimum Gasteiger partial charge on any atom is -0.628 e. The molecule has 0 saturated carbocycles. The normalized spacial score (nSPS) is 20.6. The van der Waals surface area contributed by atoms with Crippen molar-refractivity contribution in [2.24, 2.45) is 0 Å². The fourth-order valence-electron chi connectivity index (χ4n) is 4.15. The zero-order valence-corrected chi connectivity index (χ0v) is 19.7. The highest BCUT2D eigenvalue weighted by molar-refractivity contribution is 7.90. The average molecular weight is 507 g/mol. The van der Waals surface area contributed by atoms with Gasteiger partial charge in [-0.3, -0.25) is 4.90 Å². The van der Waals surface area contributed by atoms with Crippen molar-refractivity contribution in [2.75, 3.05) is 24.3 Å². The van der Waals surface area contributed by atoms with Crippen molar-refractivity contribution in [1.29, 1.82) is 0 Å². The molecule has 0 bridgehead atoms. The summed E-state index contributed by atoms with van der Waals surface area (Å²) >= 11 is 7.11. The second kappa shape index (κ2) is 8.30. The topological polar surface area (TPSA) is 100 Å². The van der Waals surface area contributed by atoms with Crippen molar-refractivity contribution in [2.45, 2.75) is 17.0 Å². The second-order valence-electron chi connectivity index (χ2n) is 7.85. The number of nitrogens with one attached hydrogen (secondary N) is 1. The summed E-state index contributed by atoms with van der Waals surface area (Å²) in [6, 6.07) is 14.8. The number of carbonyl (C=O) groups is 1. The van der Waals surface area contributed by atoms with Crippen molar-refractivity contribution in [3.05, 3.63) is 64.1 Å². The molecular formula is C22H19ClN2O6S2. The maximum Gasteiger partial charge on any atom is 0.415 e. The number of amides is 1. The summed E-state index contributed by atoms with van der Waals surface area (Å²) in [5, 5.41) is 13.0. The van der Waals surface area contributed by atoms with E-state index >= 15 is 0 Å². The molecule has 2 aromatic carbocycles. The molecule has 11 heteroatoms. The molecular weight excluding hydrogens is 488 g/mol. The third-order valence-corrected chi connectivity index (χ3v) is 8.10. The standard InChI is InChI=1S/C22H19ClN2O6S2/c1-33(28,29)19-5-3-2-4-14(19)13-6-7-15-17(10-13)30-12-16-18(31-22(26)25(15)16)11-24(27)21-9-8-20(23)32-21/h2-10,16,18,24H,11-12H2,1H3/t16-,18-/m0/s1. The maximum absolute atomic E-state index is 12.7. The molecule has 1 amide bonds. The fourth-order valence-corrected chi connectivity index (χ4v) is 6.05. The van der Waals surface area contributed by atoms with Crippen LogP contribution in [0.4, 0.5) is 15.5 Å². The molecule has 3 aromatic rings. The van der Waals surface area contributed by atoms with Gasteiger partial charge in [0.05, 0.1) is 14.9 Å². The van der Waals surface area contributed by atoms with Crippen molar-refractivity contribution in [1.82, 2.24) is 0 Å². The number of nitrogens with zero attached hydrogens (tertiary/aromatic N) is 1. The van der Waals surface area contributed by atoms with Crippen LogP contribution in [0.5, 0.6) is 5.75 Å². The molecule has 2 aliphatic heterocycles. The Morgan fingerprint density at radius 2 is 2.00 bits per heavy atom. The summed E-state index contributed by atoms with van der Waals surface area (Å²) < 4.78 is 36.4. The third-order valence-electron chi connectivity index (χ3n) is 5.67. The van der Waals surface area contributed by atoms with E-state index in [0.717, 1.165) is 6.26 Å². The number of hydrogen-bond donors (Lipinski definition) is 1. The monoisotopic (exact) mass is 506 g/mol. The van der Waals surface area contributed by atoms with Crippen LogP contribution in [0.2, 0.25) is 4.34 Å². The lowest BCUT2D eigenvalue weighted by Crippen LogP contribution is -3.03. The minimum atomic E-state index is -3.43. The van der Waals surface area contributed by atoms with Crippen LogP contribution in [0.25, 0.3) is 11.1 Å². The number of ether oxygens (including phenoxy) is 2. The van der Waals surface area contributed by atoms with Crippen LogP contribution >= 0.6 is 22.9 Å². The average Bonchev–Trinajstić information content (AvgIpc) is 3.36. The van der Waals surface area contributed by atoms with Gasteiger partial charge in [0.1, 0.15) is 24.9 Å². The van der Waals surface area contributed by atoms with Gasteiger partial charge in [-0.1, -0.05) is 47.2 Å². The van der Waals surface area contributed by atoms with Gasteiger partial charge in [0.15, 0.2) is 20.9 Å². The first-order valence-electron chi connectivity index (χ1n) is 10.1.